The van der Waals surface area contributed by atoms with Gasteiger partial charge < -0.3 is 20.0 Å². The number of nitrogens with one attached hydrogen (secondary N) is 3. The van der Waals surface area contributed by atoms with Crippen LogP contribution in [0.25, 0.3) is 11.0 Å². The first-order valence-corrected chi connectivity index (χ1v) is 8.80. The molecule has 0 saturated heterocycles. The van der Waals surface area contributed by atoms with E-state index in [-0.39, 0.29) is 11.6 Å². The van der Waals surface area contributed by atoms with Gasteiger partial charge in [0.25, 0.3) is 0 Å². The number of fused-ring (bicyclic) bond motifs is 1. The molecule has 1 atom stereocenters. The SMILES string of the molecule is COc1ccc(Cl)cc1CN(C)C(C)C(=O)Nc1ccc2[nH]c(=O)[nH]c2c1. The number of hydrogen-bond donors (Lipinski definition) is 3. The third kappa shape index (κ3) is 4.32. The minimum atomic E-state index is -0.394. The van der Waals surface area contributed by atoms with Crippen LogP contribution in [-0.2, 0) is 11.3 Å². The van der Waals surface area contributed by atoms with Crippen molar-refractivity contribution in [3.05, 3.63) is 57.5 Å². The van der Waals surface area contributed by atoms with Crippen molar-refractivity contribution < 1.29 is 9.53 Å². The lowest BCUT2D eigenvalue weighted by atomic mass is 10.1. The van der Waals surface area contributed by atoms with Crippen LogP contribution in [0.1, 0.15) is 12.5 Å². The number of aromatic nitrogens is 2. The summed E-state index contributed by atoms with van der Waals surface area (Å²) >= 11 is 6.08. The summed E-state index contributed by atoms with van der Waals surface area (Å²) in [4.78, 5) is 31.2. The molecule has 27 heavy (non-hydrogen) atoms. The standard InChI is InChI=1S/C19H21ClN4O3/c1-11(24(2)10-12-8-13(20)4-7-17(12)27-3)18(25)21-14-5-6-15-16(9-14)23-19(26)22-15/h4-9,11H,10H2,1-3H3,(H,21,25)(H2,22,23,26). The van der Waals surface area contributed by atoms with Crippen LogP contribution in [0.3, 0.4) is 0 Å². The van der Waals surface area contributed by atoms with Crippen molar-refractivity contribution in [2.45, 2.75) is 19.5 Å². The third-order valence-electron chi connectivity index (χ3n) is 4.49. The smallest absolute Gasteiger partial charge is 0.323 e. The van der Waals surface area contributed by atoms with Crippen molar-refractivity contribution in [2.75, 3.05) is 19.5 Å². The number of carbonyl (C=O) groups excluding carboxylic acids is 1. The van der Waals surface area contributed by atoms with Crippen LogP contribution in [0.5, 0.6) is 5.75 Å². The number of likely N-dealkylation sites (N-methyl/N-ethyl adjacent to an activating group) is 1. The maximum absolute atomic E-state index is 12.6. The molecule has 0 aliphatic carbocycles. The lowest BCUT2D eigenvalue weighted by Gasteiger charge is -2.24. The predicted octanol–water partition coefficient (Wildman–Crippen LogP) is 2.98. The van der Waals surface area contributed by atoms with Gasteiger partial charge in [-0.1, -0.05) is 11.6 Å². The third-order valence-corrected chi connectivity index (χ3v) is 4.72. The van der Waals surface area contributed by atoms with Gasteiger partial charge in [0.2, 0.25) is 5.91 Å². The number of anilines is 1. The van der Waals surface area contributed by atoms with E-state index >= 15 is 0 Å². The molecule has 8 heteroatoms. The van der Waals surface area contributed by atoms with Crippen molar-refractivity contribution >= 4 is 34.2 Å². The maximum Gasteiger partial charge on any atom is 0.323 e. The van der Waals surface area contributed by atoms with Gasteiger partial charge in [-0.3, -0.25) is 9.69 Å². The summed E-state index contributed by atoms with van der Waals surface area (Å²) < 4.78 is 5.36. The van der Waals surface area contributed by atoms with Crippen LogP contribution in [0.2, 0.25) is 5.02 Å². The number of aromatic amines is 2. The van der Waals surface area contributed by atoms with Crippen molar-refractivity contribution in [2.24, 2.45) is 0 Å². The molecule has 0 bridgehead atoms. The molecule has 1 heterocycles. The molecule has 0 aliphatic rings. The average molecular weight is 389 g/mol. The number of ether oxygens (including phenoxy) is 1. The molecule has 3 N–H and O–H groups in total. The minimum absolute atomic E-state index is 0.157. The van der Waals surface area contributed by atoms with Gasteiger partial charge in [0.15, 0.2) is 0 Å². The highest BCUT2D eigenvalue weighted by molar-refractivity contribution is 6.30. The number of imidazole rings is 1. The second kappa shape index (κ2) is 7.85. The van der Waals surface area contributed by atoms with Crippen LogP contribution in [0, 0.1) is 0 Å². The fraction of sp³-hybridized carbons (Fsp3) is 0.263. The first kappa shape index (κ1) is 19.0. The molecule has 0 saturated carbocycles. The molecule has 2 aromatic carbocycles. The fourth-order valence-corrected chi connectivity index (χ4v) is 3.03. The second-order valence-electron chi connectivity index (χ2n) is 6.38. The first-order valence-electron chi connectivity index (χ1n) is 8.43. The van der Waals surface area contributed by atoms with Crippen molar-refractivity contribution in [3.63, 3.8) is 0 Å². The summed E-state index contributed by atoms with van der Waals surface area (Å²) in [6.45, 7) is 2.32. The Labute approximate surface area is 161 Å². The van der Waals surface area contributed by atoms with E-state index in [9.17, 15) is 9.59 Å². The van der Waals surface area contributed by atoms with E-state index < -0.39 is 6.04 Å². The lowest BCUT2D eigenvalue weighted by Crippen LogP contribution is -2.39. The quantitative estimate of drug-likeness (QED) is 0.605. The van der Waals surface area contributed by atoms with E-state index in [4.69, 9.17) is 16.3 Å². The van der Waals surface area contributed by atoms with Gasteiger partial charge in [-0.25, -0.2) is 4.79 Å². The minimum Gasteiger partial charge on any atom is -0.496 e. The number of amides is 1. The molecule has 1 aromatic heterocycles. The molecule has 0 fully saturated rings. The molecule has 1 amide bonds. The fourth-order valence-electron chi connectivity index (χ4n) is 2.83. The summed E-state index contributed by atoms with van der Waals surface area (Å²) in [6.07, 6.45) is 0. The highest BCUT2D eigenvalue weighted by Gasteiger charge is 2.20. The Morgan fingerprint density at radius 1 is 1.22 bits per heavy atom. The van der Waals surface area contributed by atoms with Crippen LogP contribution >= 0.6 is 11.6 Å². The van der Waals surface area contributed by atoms with E-state index in [1.54, 1.807) is 31.4 Å². The van der Waals surface area contributed by atoms with Gasteiger partial charge in [-0.15, -0.1) is 0 Å². The number of carbonyl (C=O) groups is 1. The molecule has 0 spiro atoms. The summed E-state index contributed by atoms with van der Waals surface area (Å²) in [5.41, 5.74) is 2.57. The first-order chi connectivity index (χ1) is 12.9. The van der Waals surface area contributed by atoms with E-state index in [0.717, 1.165) is 11.3 Å². The Balaban J connectivity index is 1.70. The molecule has 0 aliphatic heterocycles. The van der Waals surface area contributed by atoms with Crippen molar-refractivity contribution in [1.82, 2.24) is 14.9 Å². The molecule has 7 nitrogen and oxygen atoms in total. The number of H-pyrrole nitrogens is 2. The molecule has 3 rings (SSSR count). The zero-order valence-corrected chi connectivity index (χ0v) is 16.1. The molecular formula is C19H21ClN4O3. The lowest BCUT2D eigenvalue weighted by molar-refractivity contribution is -0.120. The highest BCUT2D eigenvalue weighted by atomic mass is 35.5. The van der Waals surface area contributed by atoms with Crippen LogP contribution in [0.4, 0.5) is 5.69 Å². The topological polar surface area (TPSA) is 90.2 Å². The zero-order chi connectivity index (χ0) is 19.6. The molecular weight excluding hydrogens is 368 g/mol. The summed E-state index contributed by atoms with van der Waals surface area (Å²) in [6, 6.07) is 10.2. The van der Waals surface area contributed by atoms with E-state index in [1.807, 2.05) is 31.0 Å². The Kier molecular flexibility index (Phi) is 5.53. The summed E-state index contributed by atoms with van der Waals surface area (Å²) in [5, 5.41) is 3.49. The van der Waals surface area contributed by atoms with Gasteiger partial charge in [-0.05, 0) is 50.4 Å². The van der Waals surface area contributed by atoms with Gasteiger partial charge in [0.1, 0.15) is 5.75 Å². The molecule has 1 unspecified atom stereocenters. The Morgan fingerprint density at radius 3 is 2.70 bits per heavy atom. The van der Waals surface area contributed by atoms with Crippen LogP contribution in [-0.4, -0.2) is 41.0 Å². The maximum atomic E-state index is 12.6. The highest BCUT2D eigenvalue weighted by Crippen LogP contribution is 2.24. The number of halogens is 1. The monoisotopic (exact) mass is 388 g/mol. The number of hydrogen-bond acceptors (Lipinski definition) is 4. The van der Waals surface area contributed by atoms with Crippen molar-refractivity contribution in [1.29, 1.82) is 0 Å². The number of nitrogens with zero attached hydrogens (tertiary/aromatic N) is 1. The van der Waals surface area contributed by atoms with Gasteiger partial charge in [-0.2, -0.15) is 0 Å². The summed E-state index contributed by atoms with van der Waals surface area (Å²) in [7, 11) is 3.46. The van der Waals surface area contributed by atoms with E-state index in [2.05, 4.69) is 15.3 Å². The van der Waals surface area contributed by atoms with Crippen LogP contribution < -0.4 is 15.7 Å². The number of methoxy groups -OCH3 is 1. The number of rotatable bonds is 6. The van der Waals surface area contributed by atoms with E-state index in [1.165, 1.54) is 0 Å². The van der Waals surface area contributed by atoms with E-state index in [0.29, 0.717) is 28.3 Å². The summed E-state index contributed by atoms with van der Waals surface area (Å²) in [5.74, 6) is 0.566. The Bertz CT molecular complexity index is 1030. The second-order valence-corrected chi connectivity index (χ2v) is 6.81. The Hall–Kier alpha value is -2.77. The van der Waals surface area contributed by atoms with Gasteiger partial charge in [0, 0.05) is 22.8 Å². The van der Waals surface area contributed by atoms with Crippen molar-refractivity contribution in [3.8, 4) is 5.75 Å². The molecule has 0 radical (unpaired) electrons. The van der Waals surface area contributed by atoms with Gasteiger partial charge in [0.05, 0.1) is 24.2 Å². The number of benzene rings is 2. The molecule has 142 valence electrons. The largest absolute Gasteiger partial charge is 0.496 e. The van der Waals surface area contributed by atoms with Crippen LogP contribution in [0.15, 0.2) is 41.2 Å². The predicted molar refractivity (Wildman–Crippen MR) is 106 cm³/mol. The van der Waals surface area contributed by atoms with Gasteiger partial charge >= 0.3 is 5.69 Å². The Morgan fingerprint density at radius 2 is 1.96 bits per heavy atom. The molecule has 3 aromatic rings. The zero-order valence-electron chi connectivity index (χ0n) is 15.3. The normalized spacial score (nSPS) is 12.3. The average Bonchev–Trinajstić information content (AvgIpc) is 3.00.